The van der Waals surface area contributed by atoms with Crippen LogP contribution in [0.5, 0.6) is 0 Å². The Hall–Kier alpha value is -2.94. The Morgan fingerprint density at radius 2 is 2.19 bits per heavy atom. The third-order valence-corrected chi connectivity index (χ3v) is 5.66. The van der Waals surface area contributed by atoms with E-state index in [-0.39, 0.29) is 16.7 Å². The van der Waals surface area contributed by atoms with E-state index in [1.165, 1.54) is 11.3 Å². The molecule has 1 aliphatic rings. The highest BCUT2D eigenvalue weighted by Gasteiger charge is 2.32. The minimum absolute atomic E-state index is 0.0477. The predicted molar refractivity (Wildman–Crippen MR) is 100 cm³/mol. The van der Waals surface area contributed by atoms with E-state index in [4.69, 9.17) is 4.98 Å². The van der Waals surface area contributed by atoms with E-state index in [2.05, 4.69) is 9.97 Å². The molecule has 8 nitrogen and oxygen atoms in total. The van der Waals surface area contributed by atoms with Crippen molar-refractivity contribution >= 4 is 39.0 Å². The molecule has 9 heteroatoms. The molecule has 0 saturated carbocycles. The highest BCUT2D eigenvalue weighted by atomic mass is 32.1. The third kappa shape index (κ3) is 2.35. The molecule has 5 rings (SSSR count). The summed E-state index contributed by atoms with van der Waals surface area (Å²) in [6.45, 7) is 1.44. The zero-order valence-electron chi connectivity index (χ0n) is 13.8. The highest BCUT2D eigenvalue weighted by molar-refractivity contribution is 7.15. The molecule has 1 aliphatic heterocycles. The molecule has 0 amide bonds. The first-order valence-electron chi connectivity index (χ1n) is 8.50. The number of piperidine rings is 1. The molecule has 1 aromatic carbocycles. The van der Waals surface area contributed by atoms with Gasteiger partial charge in [0.25, 0.3) is 4.96 Å². The summed E-state index contributed by atoms with van der Waals surface area (Å²) in [6.07, 6.45) is 3.66. The van der Waals surface area contributed by atoms with Crippen LogP contribution in [-0.4, -0.2) is 37.4 Å². The zero-order chi connectivity index (χ0) is 17.7. The molecule has 1 saturated heterocycles. The van der Waals surface area contributed by atoms with Crippen LogP contribution >= 0.6 is 11.3 Å². The van der Waals surface area contributed by atoms with Gasteiger partial charge in [0.15, 0.2) is 0 Å². The van der Waals surface area contributed by atoms with Gasteiger partial charge in [-0.1, -0.05) is 23.5 Å². The number of nitrogens with zero attached hydrogens (tertiary/aromatic N) is 5. The Balaban J connectivity index is 1.50. The highest BCUT2D eigenvalue weighted by Crippen LogP contribution is 2.35. The number of rotatable bonds is 3. The molecule has 0 aliphatic carbocycles. The maximum Gasteiger partial charge on any atom is 0.373 e. The van der Waals surface area contributed by atoms with Gasteiger partial charge in [0.2, 0.25) is 5.82 Å². The quantitative estimate of drug-likeness (QED) is 0.441. The fourth-order valence-electron chi connectivity index (χ4n) is 3.70. The predicted octanol–water partition coefficient (Wildman–Crippen LogP) is 3.56. The van der Waals surface area contributed by atoms with Crippen molar-refractivity contribution in [2.24, 2.45) is 0 Å². The number of nitro groups is 1. The molecule has 0 spiro atoms. The van der Waals surface area contributed by atoms with E-state index < -0.39 is 0 Å². The summed E-state index contributed by atoms with van der Waals surface area (Å²) < 4.78 is 1.56. The van der Waals surface area contributed by atoms with Gasteiger partial charge in [-0.15, -0.1) is 0 Å². The number of para-hydroxylation sites is 2. The molecule has 26 heavy (non-hydrogen) atoms. The first-order chi connectivity index (χ1) is 12.7. The Kier molecular flexibility index (Phi) is 3.42. The largest absolute Gasteiger partial charge is 0.373 e. The summed E-state index contributed by atoms with van der Waals surface area (Å²) in [6, 6.07) is 7.96. The maximum absolute atomic E-state index is 11.6. The van der Waals surface area contributed by atoms with Crippen molar-refractivity contribution in [2.75, 3.05) is 18.0 Å². The number of hydrogen-bond donors (Lipinski definition) is 1. The van der Waals surface area contributed by atoms with Crippen molar-refractivity contribution in [1.29, 1.82) is 0 Å². The van der Waals surface area contributed by atoms with Crippen LogP contribution in [-0.2, 0) is 0 Å². The number of H-pyrrole nitrogens is 1. The van der Waals surface area contributed by atoms with Crippen LogP contribution in [0.1, 0.15) is 24.6 Å². The van der Waals surface area contributed by atoms with Crippen LogP contribution in [0.4, 0.5) is 11.6 Å². The first kappa shape index (κ1) is 15.3. The average molecular weight is 368 g/mol. The van der Waals surface area contributed by atoms with Gasteiger partial charge >= 0.3 is 5.82 Å². The first-order valence-corrected chi connectivity index (χ1v) is 9.38. The standard InChI is InChI=1S/C17H16N6O2S/c24-23(25)16-15(20-17-22(16)8-9-26-17)21-7-3-4-11(10-21)14-18-12-5-1-2-6-13(12)19-14/h1-2,5-6,8-9,11H,3-4,7,10H2,(H,18,19). The fourth-order valence-corrected chi connectivity index (χ4v) is 4.41. The van der Waals surface area contributed by atoms with Gasteiger partial charge in [-0.25, -0.2) is 4.98 Å². The van der Waals surface area contributed by atoms with Gasteiger partial charge < -0.3 is 20.0 Å². The molecule has 1 atom stereocenters. The number of imidazole rings is 2. The second-order valence-corrected chi connectivity index (χ2v) is 7.37. The number of aromatic amines is 1. The molecular formula is C17H16N6O2S. The Morgan fingerprint density at radius 3 is 3.04 bits per heavy atom. The second-order valence-electron chi connectivity index (χ2n) is 6.50. The van der Waals surface area contributed by atoms with E-state index in [9.17, 15) is 10.1 Å². The van der Waals surface area contributed by atoms with Crippen LogP contribution in [0.15, 0.2) is 35.8 Å². The summed E-state index contributed by atoms with van der Waals surface area (Å²) in [7, 11) is 0. The van der Waals surface area contributed by atoms with E-state index in [1.54, 1.807) is 10.6 Å². The number of benzene rings is 1. The lowest BCUT2D eigenvalue weighted by Crippen LogP contribution is -2.35. The van der Waals surface area contributed by atoms with Crippen LogP contribution in [0.3, 0.4) is 0 Å². The van der Waals surface area contributed by atoms with Crippen LogP contribution in [0.25, 0.3) is 16.0 Å². The van der Waals surface area contributed by atoms with E-state index in [0.29, 0.717) is 17.3 Å². The number of thiazole rings is 1. The van der Waals surface area contributed by atoms with Gasteiger partial charge in [0.05, 0.1) is 11.0 Å². The van der Waals surface area contributed by atoms with Crippen LogP contribution in [0, 0.1) is 10.1 Å². The topological polar surface area (TPSA) is 92.4 Å². The number of fused-ring (bicyclic) bond motifs is 2. The minimum atomic E-state index is -0.340. The molecule has 4 heterocycles. The molecular weight excluding hydrogens is 352 g/mol. The molecule has 132 valence electrons. The molecule has 1 fully saturated rings. The van der Waals surface area contributed by atoms with Crippen LogP contribution < -0.4 is 4.90 Å². The average Bonchev–Trinajstić information content (AvgIpc) is 3.34. The van der Waals surface area contributed by atoms with Gasteiger partial charge in [0, 0.05) is 24.4 Å². The second kappa shape index (κ2) is 5.80. The van der Waals surface area contributed by atoms with Crippen molar-refractivity contribution in [3.8, 4) is 0 Å². The summed E-state index contributed by atoms with van der Waals surface area (Å²) in [5.74, 6) is 1.66. The van der Waals surface area contributed by atoms with E-state index in [1.807, 2.05) is 34.5 Å². The summed E-state index contributed by atoms with van der Waals surface area (Å²) in [5, 5.41) is 13.4. The lowest BCUT2D eigenvalue weighted by molar-refractivity contribution is -0.389. The fraction of sp³-hybridized carbons (Fsp3) is 0.294. The molecule has 4 aromatic rings. The number of anilines is 1. The Morgan fingerprint density at radius 1 is 1.31 bits per heavy atom. The molecule has 1 N–H and O–H groups in total. The molecule has 0 radical (unpaired) electrons. The van der Waals surface area contributed by atoms with Crippen molar-refractivity contribution in [1.82, 2.24) is 19.4 Å². The third-order valence-electron chi connectivity index (χ3n) is 4.91. The summed E-state index contributed by atoms with van der Waals surface area (Å²) >= 11 is 1.41. The van der Waals surface area contributed by atoms with Crippen molar-refractivity contribution in [3.63, 3.8) is 0 Å². The monoisotopic (exact) mass is 368 g/mol. The number of nitrogens with one attached hydrogen (secondary N) is 1. The van der Waals surface area contributed by atoms with Gasteiger partial charge in [-0.05, 0) is 29.9 Å². The lowest BCUT2D eigenvalue weighted by atomic mass is 9.97. The number of aromatic nitrogens is 4. The zero-order valence-corrected chi connectivity index (χ0v) is 14.6. The van der Waals surface area contributed by atoms with Crippen molar-refractivity contribution in [3.05, 3.63) is 51.8 Å². The van der Waals surface area contributed by atoms with Crippen LogP contribution in [0.2, 0.25) is 0 Å². The molecule has 3 aromatic heterocycles. The number of hydrogen-bond acceptors (Lipinski definition) is 6. The van der Waals surface area contributed by atoms with Crippen molar-refractivity contribution in [2.45, 2.75) is 18.8 Å². The SMILES string of the molecule is O=[N+]([O-])c1c(N2CCCC(c3nc4ccccc4[nH]3)C2)nc2sccn12. The smallest absolute Gasteiger partial charge is 0.358 e. The van der Waals surface area contributed by atoms with Gasteiger partial charge in [-0.3, -0.25) is 0 Å². The van der Waals surface area contributed by atoms with Gasteiger partial charge in [-0.2, -0.15) is 9.38 Å². The summed E-state index contributed by atoms with van der Waals surface area (Å²) in [5.41, 5.74) is 1.97. The summed E-state index contributed by atoms with van der Waals surface area (Å²) in [4.78, 5) is 26.6. The Labute approximate surface area is 152 Å². The Bertz CT molecular complexity index is 1080. The molecule has 0 bridgehead atoms. The maximum atomic E-state index is 11.6. The normalized spacial score (nSPS) is 18.0. The van der Waals surface area contributed by atoms with E-state index in [0.717, 1.165) is 36.2 Å². The minimum Gasteiger partial charge on any atom is -0.358 e. The van der Waals surface area contributed by atoms with Gasteiger partial charge in [0.1, 0.15) is 12.0 Å². The van der Waals surface area contributed by atoms with E-state index >= 15 is 0 Å². The lowest BCUT2D eigenvalue weighted by Gasteiger charge is -2.31. The molecule has 1 unspecified atom stereocenters. The van der Waals surface area contributed by atoms with Crippen molar-refractivity contribution < 1.29 is 4.92 Å².